The van der Waals surface area contributed by atoms with Gasteiger partial charge in [-0.1, -0.05) is 13.8 Å². The van der Waals surface area contributed by atoms with E-state index in [9.17, 15) is 22.8 Å². The van der Waals surface area contributed by atoms with Crippen LogP contribution < -0.4 is 10.1 Å². The van der Waals surface area contributed by atoms with Crippen LogP contribution in [0.2, 0.25) is 0 Å². The van der Waals surface area contributed by atoms with Crippen LogP contribution in [0.5, 0.6) is 5.75 Å². The Bertz CT molecular complexity index is 624. The zero-order valence-electron chi connectivity index (χ0n) is 14.7. The molecule has 0 aliphatic carbocycles. The van der Waals surface area contributed by atoms with Crippen molar-refractivity contribution in [1.29, 1.82) is 0 Å². The number of halogens is 3. The van der Waals surface area contributed by atoms with Crippen LogP contribution >= 0.6 is 0 Å². The van der Waals surface area contributed by atoms with Crippen molar-refractivity contribution in [2.75, 3.05) is 38.0 Å². The van der Waals surface area contributed by atoms with E-state index in [2.05, 4.69) is 10.1 Å². The van der Waals surface area contributed by atoms with Gasteiger partial charge >= 0.3 is 6.36 Å². The van der Waals surface area contributed by atoms with Crippen molar-refractivity contribution in [3.05, 3.63) is 24.3 Å². The number of amides is 2. The van der Waals surface area contributed by atoms with Crippen molar-refractivity contribution < 1.29 is 27.5 Å². The average molecular weight is 373 g/mol. The highest BCUT2D eigenvalue weighted by Gasteiger charge is 2.31. The van der Waals surface area contributed by atoms with Crippen molar-refractivity contribution in [2.24, 2.45) is 5.92 Å². The number of anilines is 1. The van der Waals surface area contributed by atoms with Crippen LogP contribution in [0.25, 0.3) is 0 Å². The maximum absolute atomic E-state index is 12.1. The van der Waals surface area contributed by atoms with Crippen LogP contribution in [0, 0.1) is 5.92 Å². The summed E-state index contributed by atoms with van der Waals surface area (Å²) < 4.78 is 40.1. The third-order valence-corrected chi connectivity index (χ3v) is 3.92. The Balaban J connectivity index is 1.78. The van der Waals surface area contributed by atoms with Crippen molar-refractivity contribution in [1.82, 2.24) is 9.80 Å². The fourth-order valence-corrected chi connectivity index (χ4v) is 2.64. The van der Waals surface area contributed by atoms with Gasteiger partial charge in [-0.25, -0.2) is 0 Å². The summed E-state index contributed by atoms with van der Waals surface area (Å²) in [4.78, 5) is 27.7. The monoisotopic (exact) mass is 373 g/mol. The molecule has 0 atom stereocenters. The normalized spacial score (nSPS) is 15.8. The van der Waals surface area contributed by atoms with Crippen molar-refractivity contribution in [3.63, 3.8) is 0 Å². The molecule has 1 aliphatic rings. The summed E-state index contributed by atoms with van der Waals surface area (Å²) in [5, 5.41) is 2.63. The van der Waals surface area contributed by atoms with Gasteiger partial charge in [-0.2, -0.15) is 0 Å². The van der Waals surface area contributed by atoms with Crippen LogP contribution in [0.3, 0.4) is 0 Å². The first kappa shape index (κ1) is 20.0. The Labute approximate surface area is 149 Å². The van der Waals surface area contributed by atoms with E-state index in [1.54, 1.807) is 4.90 Å². The summed E-state index contributed by atoms with van der Waals surface area (Å²) in [5.74, 6) is -0.552. The molecular formula is C17H22F3N3O3. The van der Waals surface area contributed by atoms with E-state index in [-0.39, 0.29) is 30.0 Å². The number of alkyl halides is 3. The number of benzene rings is 1. The Morgan fingerprint density at radius 2 is 1.69 bits per heavy atom. The zero-order valence-corrected chi connectivity index (χ0v) is 14.7. The van der Waals surface area contributed by atoms with Gasteiger partial charge in [0.2, 0.25) is 11.8 Å². The number of ether oxygens (including phenoxy) is 1. The maximum Gasteiger partial charge on any atom is 0.573 e. The Morgan fingerprint density at radius 1 is 1.12 bits per heavy atom. The summed E-state index contributed by atoms with van der Waals surface area (Å²) >= 11 is 0. The van der Waals surface area contributed by atoms with Gasteiger partial charge < -0.3 is 15.0 Å². The van der Waals surface area contributed by atoms with E-state index in [0.717, 1.165) is 12.1 Å². The molecule has 0 saturated carbocycles. The number of piperazine rings is 1. The minimum absolute atomic E-state index is 0.0471. The minimum atomic E-state index is -4.75. The Morgan fingerprint density at radius 3 is 2.19 bits per heavy atom. The highest BCUT2D eigenvalue weighted by molar-refractivity contribution is 5.92. The molecule has 9 heteroatoms. The van der Waals surface area contributed by atoms with Crippen LogP contribution in [0.1, 0.15) is 13.8 Å². The molecular weight excluding hydrogens is 351 g/mol. The topological polar surface area (TPSA) is 61.9 Å². The molecule has 26 heavy (non-hydrogen) atoms. The fourth-order valence-electron chi connectivity index (χ4n) is 2.64. The predicted molar refractivity (Wildman–Crippen MR) is 89.6 cm³/mol. The second kappa shape index (κ2) is 8.39. The average Bonchev–Trinajstić information content (AvgIpc) is 2.55. The van der Waals surface area contributed by atoms with Crippen molar-refractivity contribution >= 4 is 17.5 Å². The number of nitrogens with zero attached hydrogens (tertiary/aromatic N) is 2. The molecule has 1 aromatic carbocycles. The number of carbonyl (C=O) groups is 2. The predicted octanol–water partition coefficient (Wildman–Crippen LogP) is 2.32. The lowest BCUT2D eigenvalue weighted by Gasteiger charge is -2.35. The van der Waals surface area contributed by atoms with Gasteiger partial charge in [0, 0.05) is 37.8 Å². The van der Waals surface area contributed by atoms with Gasteiger partial charge in [-0.3, -0.25) is 14.5 Å². The van der Waals surface area contributed by atoms with Crippen LogP contribution in [-0.2, 0) is 9.59 Å². The molecule has 0 bridgehead atoms. The molecule has 0 spiro atoms. The molecule has 1 saturated heterocycles. The summed E-state index contributed by atoms with van der Waals surface area (Å²) in [5.41, 5.74) is 0.387. The van der Waals surface area contributed by atoms with Gasteiger partial charge in [-0.05, 0) is 24.3 Å². The maximum atomic E-state index is 12.1. The van der Waals surface area contributed by atoms with Crippen LogP contribution in [-0.4, -0.2) is 60.7 Å². The summed E-state index contributed by atoms with van der Waals surface area (Å²) in [7, 11) is 0. The Kier molecular flexibility index (Phi) is 6.47. The molecule has 144 valence electrons. The molecule has 0 radical (unpaired) electrons. The highest BCUT2D eigenvalue weighted by Crippen LogP contribution is 2.23. The van der Waals surface area contributed by atoms with Gasteiger partial charge in [0.1, 0.15) is 5.75 Å². The van der Waals surface area contributed by atoms with Crippen LogP contribution in [0.15, 0.2) is 24.3 Å². The molecule has 0 aromatic heterocycles. The lowest BCUT2D eigenvalue weighted by Crippen LogP contribution is -2.51. The molecule has 2 rings (SSSR count). The number of carbonyl (C=O) groups excluding carboxylic acids is 2. The van der Waals surface area contributed by atoms with Gasteiger partial charge in [0.15, 0.2) is 0 Å². The van der Waals surface area contributed by atoms with E-state index >= 15 is 0 Å². The second-order valence-corrected chi connectivity index (χ2v) is 6.38. The first-order valence-electron chi connectivity index (χ1n) is 8.31. The van der Waals surface area contributed by atoms with E-state index in [0.29, 0.717) is 31.9 Å². The molecule has 2 amide bonds. The molecule has 0 unspecified atom stereocenters. The molecule has 1 fully saturated rings. The van der Waals surface area contributed by atoms with E-state index in [1.807, 2.05) is 18.7 Å². The highest BCUT2D eigenvalue weighted by atomic mass is 19.4. The smallest absolute Gasteiger partial charge is 0.406 e. The van der Waals surface area contributed by atoms with Gasteiger partial charge in [0.05, 0.1) is 6.54 Å². The number of rotatable bonds is 5. The van der Waals surface area contributed by atoms with Crippen LogP contribution in [0.4, 0.5) is 18.9 Å². The lowest BCUT2D eigenvalue weighted by molar-refractivity contribution is -0.274. The molecule has 6 nitrogen and oxygen atoms in total. The van der Waals surface area contributed by atoms with E-state index in [4.69, 9.17) is 0 Å². The van der Waals surface area contributed by atoms with Crippen molar-refractivity contribution in [2.45, 2.75) is 20.2 Å². The number of hydrogen-bond acceptors (Lipinski definition) is 4. The third-order valence-electron chi connectivity index (χ3n) is 3.92. The summed E-state index contributed by atoms with van der Waals surface area (Å²) in [6.45, 7) is 6.22. The standard InChI is InChI=1S/C17H22F3N3O3/c1-12(2)16(25)23-9-7-22(8-10-23)11-15(24)21-13-3-5-14(6-4-13)26-17(18,19)20/h3-6,12H,7-11H2,1-2H3,(H,21,24). The van der Waals surface area contributed by atoms with Gasteiger partial charge in [0.25, 0.3) is 0 Å². The first-order valence-corrected chi connectivity index (χ1v) is 8.31. The lowest BCUT2D eigenvalue weighted by atomic mass is 10.1. The van der Waals surface area contributed by atoms with Gasteiger partial charge in [-0.15, -0.1) is 13.2 Å². The SMILES string of the molecule is CC(C)C(=O)N1CCN(CC(=O)Nc2ccc(OC(F)(F)F)cc2)CC1. The number of hydrogen-bond donors (Lipinski definition) is 1. The minimum Gasteiger partial charge on any atom is -0.406 e. The summed E-state index contributed by atoms with van der Waals surface area (Å²) in [6, 6.07) is 4.97. The second-order valence-electron chi connectivity index (χ2n) is 6.38. The first-order chi connectivity index (χ1) is 12.1. The molecule has 1 aromatic rings. The van der Waals surface area contributed by atoms with E-state index in [1.165, 1.54) is 12.1 Å². The van der Waals surface area contributed by atoms with E-state index < -0.39 is 6.36 Å². The summed E-state index contributed by atoms with van der Waals surface area (Å²) in [6.07, 6.45) is -4.75. The molecule has 1 N–H and O–H groups in total. The van der Waals surface area contributed by atoms with Crippen molar-refractivity contribution in [3.8, 4) is 5.75 Å². The Hall–Kier alpha value is -2.29. The quantitative estimate of drug-likeness (QED) is 0.861. The largest absolute Gasteiger partial charge is 0.573 e. The zero-order chi connectivity index (χ0) is 19.3. The molecule has 1 heterocycles. The fraction of sp³-hybridized carbons (Fsp3) is 0.529. The molecule has 1 aliphatic heterocycles. The number of nitrogens with one attached hydrogen (secondary N) is 1. The third kappa shape index (κ3) is 6.21.